The molecule has 4 aromatic rings. The molecule has 5 nitrogen and oxygen atoms in total. The minimum Gasteiger partial charge on any atom is -0.324 e. The van der Waals surface area contributed by atoms with Crippen LogP contribution in [0.2, 0.25) is 0 Å². The van der Waals surface area contributed by atoms with Gasteiger partial charge in [-0.15, -0.1) is 0 Å². The Morgan fingerprint density at radius 2 is 1.79 bits per heavy atom. The number of nitrogens with one attached hydrogen (secondary N) is 1. The van der Waals surface area contributed by atoms with Crippen LogP contribution in [0.1, 0.15) is 16.8 Å². The van der Waals surface area contributed by atoms with E-state index in [1.54, 1.807) is 10.9 Å². The highest BCUT2D eigenvalue weighted by atomic mass is 16.2. The maximum Gasteiger partial charge on any atom is 0.246 e. The van der Waals surface area contributed by atoms with Crippen molar-refractivity contribution in [3.63, 3.8) is 0 Å². The largest absolute Gasteiger partial charge is 0.324 e. The van der Waals surface area contributed by atoms with Crippen molar-refractivity contribution in [2.45, 2.75) is 27.3 Å². The molecule has 1 amide bonds. The third kappa shape index (κ3) is 3.51. The summed E-state index contributed by atoms with van der Waals surface area (Å²) in [5, 5.41) is 8.50. The summed E-state index contributed by atoms with van der Waals surface area (Å²) in [6, 6.07) is 18.1. The van der Waals surface area contributed by atoms with Crippen molar-refractivity contribution in [3.05, 3.63) is 77.6 Å². The maximum absolute atomic E-state index is 12.5. The van der Waals surface area contributed by atoms with Crippen molar-refractivity contribution < 1.29 is 4.79 Å². The van der Waals surface area contributed by atoms with Gasteiger partial charge in [-0.3, -0.25) is 4.79 Å². The molecule has 140 valence electrons. The Morgan fingerprint density at radius 1 is 1.00 bits per heavy atom. The number of aryl methyl sites for hydroxylation is 3. The first-order chi connectivity index (χ1) is 13.5. The highest BCUT2D eigenvalue weighted by Gasteiger charge is 2.16. The molecule has 28 heavy (non-hydrogen) atoms. The summed E-state index contributed by atoms with van der Waals surface area (Å²) < 4.78 is 1.67. The molecule has 0 saturated carbocycles. The molecule has 0 aliphatic rings. The van der Waals surface area contributed by atoms with Crippen molar-refractivity contribution in [3.8, 4) is 11.1 Å². The van der Waals surface area contributed by atoms with Crippen LogP contribution >= 0.6 is 0 Å². The Hall–Kier alpha value is -3.47. The van der Waals surface area contributed by atoms with E-state index in [2.05, 4.69) is 46.6 Å². The molecular weight excluding hydrogens is 348 g/mol. The van der Waals surface area contributed by atoms with Gasteiger partial charge in [0.25, 0.3) is 0 Å². The number of benzene rings is 2. The van der Waals surface area contributed by atoms with Crippen molar-refractivity contribution in [2.24, 2.45) is 0 Å². The topological polar surface area (TPSA) is 59.8 Å². The van der Waals surface area contributed by atoms with Gasteiger partial charge in [-0.25, -0.2) is 9.67 Å². The zero-order valence-electron chi connectivity index (χ0n) is 16.2. The Bertz CT molecular complexity index is 1160. The van der Waals surface area contributed by atoms with Crippen LogP contribution in [0.3, 0.4) is 0 Å². The molecule has 2 aromatic carbocycles. The van der Waals surface area contributed by atoms with E-state index in [0.717, 1.165) is 39.1 Å². The van der Waals surface area contributed by atoms with E-state index in [-0.39, 0.29) is 12.5 Å². The number of carbonyl (C=O) groups is 1. The molecule has 0 saturated heterocycles. The molecular formula is C23H22N4O. The lowest BCUT2D eigenvalue weighted by molar-refractivity contribution is -0.116. The lowest BCUT2D eigenvalue weighted by atomic mass is 10.0. The number of anilines is 1. The number of carbonyl (C=O) groups excluding carboxylic acids is 1. The van der Waals surface area contributed by atoms with Crippen LogP contribution in [0.15, 0.2) is 60.8 Å². The maximum atomic E-state index is 12.5. The molecule has 0 atom stereocenters. The van der Waals surface area contributed by atoms with Gasteiger partial charge in [0.1, 0.15) is 6.54 Å². The second kappa shape index (κ2) is 7.27. The molecule has 0 fully saturated rings. The predicted molar refractivity (Wildman–Crippen MR) is 112 cm³/mol. The number of amides is 1. The minimum atomic E-state index is -0.127. The average Bonchev–Trinajstić information content (AvgIpc) is 2.98. The highest BCUT2D eigenvalue weighted by Crippen LogP contribution is 2.30. The molecule has 2 heterocycles. The van der Waals surface area contributed by atoms with Gasteiger partial charge in [-0.05, 0) is 55.7 Å². The fourth-order valence-corrected chi connectivity index (χ4v) is 3.42. The molecule has 2 aromatic heterocycles. The minimum absolute atomic E-state index is 0.114. The number of hydrogen-bond donors (Lipinski definition) is 1. The third-order valence-electron chi connectivity index (χ3n) is 4.77. The number of hydrogen-bond acceptors (Lipinski definition) is 3. The summed E-state index contributed by atoms with van der Waals surface area (Å²) in [7, 11) is 0. The SMILES string of the molecule is Cc1ccc(-c2ccnc3c2c(C)nn3CC(=O)Nc2cccc(C)c2)cc1. The number of rotatable bonds is 4. The Labute approximate surface area is 164 Å². The number of nitrogens with zero attached hydrogens (tertiary/aromatic N) is 3. The lowest BCUT2D eigenvalue weighted by Gasteiger charge is -2.07. The van der Waals surface area contributed by atoms with Crippen LogP contribution < -0.4 is 5.32 Å². The van der Waals surface area contributed by atoms with E-state index in [1.165, 1.54) is 5.56 Å². The van der Waals surface area contributed by atoms with Crippen LogP contribution in [0.5, 0.6) is 0 Å². The molecule has 0 unspecified atom stereocenters. The van der Waals surface area contributed by atoms with Gasteiger partial charge in [-0.2, -0.15) is 5.10 Å². The lowest BCUT2D eigenvalue weighted by Crippen LogP contribution is -2.19. The van der Waals surface area contributed by atoms with Crippen molar-refractivity contribution in [2.75, 3.05) is 5.32 Å². The summed E-state index contributed by atoms with van der Waals surface area (Å²) in [5.41, 5.74) is 6.87. The van der Waals surface area contributed by atoms with Crippen LogP contribution in [-0.2, 0) is 11.3 Å². The number of fused-ring (bicyclic) bond motifs is 1. The zero-order chi connectivity index (χ0) is 19.7. The van der Waals surface area contributed by atoms with Crippen LogP contribution in [0.25, 0.3) is 22.2 Å². The predicted octanol–water partition coefficient (Wildman–Crippen LogP) is 4.66. The first-order valence-electron chi connectivity index (χ1n) is 9.27. The number of pyridine rings is 1. The van der Waals surface area contributed by atoms with E-state index < -0.39 is 0 Å². The van der Waals surface area contributed by atoms with E-state index in [1.807, 2.05) is 44.2 Å². The van der Waals surface area contributed by atoms with Gasteiger partial charge in [-0.1, -0.05) is 42.0 Å². The first kappa shape index (κ1) is 17.9. The molecule has 0 bridgehead atoms. The molecule has 0 aliphatic heterocycles. The van der Waals surface area contributed by atoms with E-state index in [0.29, 0.717) is 0 Å². The van der Waals surface area contributed by atoms with E-state index >= 15 is 0 Å². The molecule has 4 rings (SSSR count). The third-order valence-corrected chi connectivity index (χ3v) is 4.77. The quantitative estimate of drug-likeness (QED) is 0.568. The highest BCUT2D eigenvalue weighted by molar-refractivity contribution is 5.96. The van der Waals surface area contributed by atoms with Crippen molar-refractivity contribution in [1.82, 2.24) is 14.8 Å². The zero-order valence-corrected chi connectivity index (χ0v) is 16.2. The normalized spacial score (nSPS) is 11.0. The molecule has 1 N–H and O–H groups in total. The molecule has 5 heteroatoms. The summed E-state index contributed by atoms with van der Waals surface area (Å²) in [6.07, 6.45) is 1.77. The van der Waals surface area contributed by atoms with Crippen LogP contribution in [-0.4, -0.2) is 20.7 Å². The fourth-order valence-electron chi connectivity index (χ4n) is 3.42. The Balaban J connectivity index is 1.66. The first-order valence-corrected chi connectivity index (χ1v) is 9.27. The monoisotopic (exact) mass is 370 g/mol. The van der Waals surface area contributed by atoms with Crippen LogP contribution in [0.4, 0.5) is 5.69 Å². The summed E-state index contributed by atoms with van der Waals surface area (Å²) in [4.78, 5) is 17.0. The van der Waals surface area contributed by atoms with E-state index in [4.69, 9.17) is 0 Å². The molecule has 0 radical (unpaired) electrons. The smallest absolute Gasteiger partial charge is 0.246 e. The summed E-state index contributed by atoms with van der Waals surface area (Å²) in [6.45, 7) is 6.14. The van der Waals surface area contributed by atoms with Gasteiger partial charge in [0.2, 0.25) is 5.91 Å². The van der Waals surface area contributed by atoms with Gasteiger partial charge < -0.3 is 5.32 Å². The second-order valence-corrected chi connectivity index (χ2v) is 7.08. The summed E-state index contributed by atoms with van der Waals surface area (Å²) >= 11 is 0. The van der Waals surface area contributed by atoms with Gasteiger partial charge in [0.05, 0.1) is 5.69 Å². The molecule has 0 spiro atoms. The summed E-state index contributed by atoms with van der Waals surface area (Å²) in [5.74, 6) is -0.127. The van der Waals surface area contributed by atoms with Crippen LogP contribution in [0, 0.1) is 20.8 Å². The Morgan fingerprint density at radius 3 is 2.54 bits per heavy atom. The van der Waals surface area contributed by atoms with Crippen molar-refractivity contribution >= 4 is 22.6 Å². The van der Waals surface area contributed by atoms with E-state index in [9.17, 15) is 4.79 Å². The Kier molecular flexibility index (Phi) is 4.65. The van der Waals surface area contributed by atoms with Gasteiger partial charge in [0.15, 0.2) is 5.65 Å². The van der Waals surface area contributed by atoms with Gasteiger partial charge >= 0.3 is 0 Å². The van der Waals surface area contributed by atoms with Crippen molar-refractivity contribution in [1.29, 1.82) is 0 Å². The second-order valence-electron chi connectivity index (χ2n) is 7.08. The van der Waals surface area contributed by atoms with Gasteiger partial charge in [0, 0.05) is 17.3 Å². The standard InChI is InChI=1S/C23H22N4O/c1-15-7-9-18(10-8-15)20-11-12-24-23-22(20)17(3)26-27(23)14-21(28)25-19-6-4-5-16(2)13-19/h4-13H,14H2,1-3H3,(H,25,28). The number of aromatic nitrogens is 3. The molecule has 0 aliphatic carbocycles. The average molecular weight is 370 g/mol. The fraction of sp³-hybridized carbons (Fsp3) is 0.174.